The van der Waals surface area contributed by atoms with Crippen molar-refractivity contribution in [3.8, 4) is 0 Å². The van der Waals surface area contributed by atoms with Crippen LogP contribution in [-0.4, -0.2) is 60.1 Å². The highest BCUT2D eigenvalue weighted by molar-refractivity contribution is 5.74. The Bertz CT molecular complexity index is 540. The van der Waals surface area contributed by atoms with E-state index in [1.807, 2.05) is 19.3 Å². The van der Waals surface area contributed by atoms with Crippen molar-refractivity contribution in [1.82, 2.24) is 20.1 Å². The van der Waals surface area contributed by atoms with E-state index in [1.165, 1.54) is 44.5 Å². The summed E-state index contributed by atoms with van der Waals surface area (Å²) in [4.78, 5) is 21.2. The number of nitrogens with zero attached hydrogens (tertiary/aromatic N) is 3. The average molecular weight is 347 g/mol. The largest absolute Gasteiger partial charge is 0.338 e. The first-order chi connectivity index (χ1) is 12.0. The Hall–Kier alpha value is -1.62. The summed E-state index contributed by atoms with van der Waals surface area (Å²) in [5.41, 5.74) is 2.25. The van der Waals surface area contributed by atoms with Crippen LogP contribution in [0.3, 0.4) is 0 Å². The Morgan fingerprint density at radius 2 is 2.16 bits per heavy atom. The van der Waals surface area contributed by atoms with Gasteiger partial charge in [-0.05, 0) is 70.3 Å². The number of aryl methyl sites for hydroxylation is 1. The van der Waals surface area contributed by atoms with E-state index in [4.69, 9.17) is 0 Å². The van der Waals surface area contributed by atoms with Crippen LogP contribution in [0.2, 0.25) is 0 Å². The molecule has 1 aliphatic heterocycles. The maximum Gasteiger partial charge on any atom is 0.317 e. The van der Waals surface area contributed by atoms with Crippen molar-refractivity contribution < 1.29 is 4.79 Å². The molecule has 2 rings (SSSR count). The van der Waals surface area contributed by atoms with E-state index in [1.54, 1.807) is 4.90 Å². The fraction of sp³-hybridized carbons (Fsp3) is 0.700. The second kappa shape index (κ2) is 9.76. The number of piperidine rings is 1. The lowest BCUT2D eigenvalue weighted by molar-refractivity contribution is 0.171. The number of nitrogens with one attached hydrogen (secondary N) is 1. The van der Waals surface area contributed by atoms with Crippen LogP contribution >= 0.6 is 0 Å². The molecule has 140 valence electrons. The van der Waals surface area contributed by atoms with Gasteiger partial charge in [-0.3, -0.25) is 4.98 Å². The minimum Gasteiger partial charge on any atom is -0.338 e. The zero-order valence-corrected chi connectivity index (χ0v) is 16.3. The minimum atomic E-state index is 0.0251. The van der Waals surface area contributed by atoms with Crippen molar-refractivity contribution in [2.24, 2.45) is 5.92 Å². The Morgan fingerprint density at radius 3 is 2.80 bits per heavy atom. The topological polar surface area (TPSA) is 48.5 Å². The number of urea groups is 1. The van der Waals surface area contributed by atoms with Gasteiger partial charge in [0, 0.05) is 37.9 Å². The molecule has 1 saturated heterocycles. The third-order valence-corrected chi connectivity index (χ3v) is 5.38. The molecular weight excluding hydrogens is 312 g/mol. The summed E-state index contributed by atoms with van der Waals surface area (Å²) in [7, 11) is 1.88. The van der Waals surface area contributed by atoms with Crippen molar-refractivity contribution in [2.45, 2.75) is 52.5 Å². The molecule has 5 heteroatoms. The van der Waals surface area contributed by atoms with Gasteiger partial charge < -0.3 is 15.1 Å². The number of likely N-dealkylation sites (N-methyl/N-ethyl adjacent to an activating group) is 1. The molecular formula is C20H34N4O. The zero-order chi connectivity index (χ0) is 18.2. The third kappa shape index (κ3) is 5.99. The first kappa shape index (κ1) is 19.7. The molecule has 1 unspecified atom stereocenters. The summed E-state index contributed by atoms with van der Waals surface area (Å²) in [6.45, 7) is 10.7. The van der Waals surface area contributed by atoms with Crippen LogP contribution < -0.4 is 5.32 Å². The first-order valence-electron chi connectivity index (χ1n) is 9.64. The van der Waals surface area contributed by atoms with Crippen LogP contribution in [0, 0.1) is 12.8 Å². The fourth-order valence-corrected chi connectivity index (χ4v) is 3.44. The fourth-order valence-electron chi connectivity index (χ4n) is 3.44. The van der Waals surface area contributed by atoms with E-state index in [-0.39, 0.29) is 12.1 Å². The first-order valence-corrected chi connectivity index (χ1v) is 9.64. The van der Waals surface area contributed by atoms with E-state index in [0.29, 0.717) is 5.92 Å². The van der Waals surface area contributed by atoms with E-state index in [2.05, 4.69) is 42.0 Å². The molecule has 0 aliphatic carbocycles. The van der Waals surface area contributed by atoms with Crippen LogP contribution in [0.4, 0.5) is 4.79 Å². The van der Waals surface area contributed by atoms with Gasteiger partial charge in [-0.1, -0.05) is 13.0 Å². The molecule has 1 N–H and O–H groups in total. The molecule has 0 radical (unpaired) electrons. The van der Waals surface area contributed by atoms with Gasteiger partial charge in [0.25, 0.3) is 0 Å². The van der Waals surface area contributed by atoms with Crippen molar-refractivity contribution in [2.75, 3.05) is 33.2 Å². The van der Waals surface area contributed by atoms with E-state index in [9.17, 15) is 4.79 Å². The van der Waals surface area contributed by atoms with Gasteiger partial charge >= 0.3 is 6.03 Å². The number of hydrogen-bond donors (Lipinski definition) is 1. The number of likely N-dealkylation sites (tertiary alicyclic amines) is 1. The molecule has 1 aromatic heterocycles. The Morgan fingerprint density at radius 1 is 1.44 bits per heavy atom. The molecule has 0 aromatic carbocycles. The number of amides is 2. The zero-order valence-electron chi connectivity index (χ0n) is 16.3. The number of rotatable bonds is 7. The SMILES string of the molecule is CCCN1CCC(CNC(=O)N(C)C(C)Cc2ncccc2C)CC1. The molecule has 0 saturated carbocycles. The average Bonchev–Trinajstić information content (AvgIpc) is 2.62. The van der Waals surface area contributed by atoms with Gasteiger partial charge in [-0.2, -0.15) is 0 Å². The maximum absolute atomic E-state index is 12.5. The van der Waals surface area contributed by atoms with Gasteiger partial charge in [0.2, 0.25) is 0 Å². The summed E-state index contributed by atoms with van der Waals surface area (Å²) >= 11 is 0. The molecule has 1 atom stereocenters. The lowest BCUT2D eigenvalue weighted by Gasteiger charge is -2.32. The predicted octanol–water partition coefficient (Wildman–Crippen LogP) is 3.08. The predicted molar refractivity (Wildman–Crippen MR) is 103 cm³/mol. The highest BCUT2D eigenvalue weighted by Gasteiger charge is 2.21. The molecule has 0 bridgehead atoms. The van der Waals surface area contributed by atoms with Gasteiger partial charge in [-0.15, -0.1) is 0 Å². The van der Waals surface area contributed by atoms with Crippen molar-refractivity contribution in [3.05, 3.63) is 29.6 Å². The highest BCUT2D eigenvalue weighted by Crippen LogP contribution is 2.16. The monoisotopic (exact) mass is 346 g/mol. The van der Waals surface area contributed by atoms with Gasteiger partial charge in [-0.25, -0.2) is 4.79 Å². The summed E-state index contributed by atoms with van der Waals surface area (Å²) in [5.74, 6) is 0.610. The second-order valence-corrected chi connectivity index (χ2v) is 7.40. The molecule has 0 spiro atoms. The standard InChI is InChI=1S/C20H34N4O/c1-5-11-24-12-8-18(9-13-24)15-22-20(25)23(4)17(3)14-19-16(2)7-6-10-21-19/h6-7,10,17-18H,5,8-9,11-15H2,1-4H3,(H,22,25). The molecule has 1 aromatic rings. The normalized spacial score (nSPS) is 17.3. The molecule has 1 fully saturated rings. The Labute approximate surface area is 152 Å². The van der Waals surface area contributed by atoms with Gasteiger partial charge in [0.05, 0.1) is 0 Å². The highest BCUT2D eigenvalue weighted by atomic mass is 16.2. The van der Waals surface area contributed by atoms with Crippen LogP contribution in [0.15, 0.2) is 18.3 Å². The van der Waals surface area contributed by atoms with E-state index in [0.717, 1.165) is 18.7 Å². The summed E-state index contributed by atoms with van der Waals surface area (Å²) in [6.07, 6.45) is 6.20. The minimum absolute atomic E-state index is 0.0251. The van der Waals surface area contributed by atoms with Crippen molar-refractivity contribution >= 4 is 6.03 Å². The number of carbonyl (C=O) groups excluding carboxylic acids is 1. The number of carbonyl (C=O) groups is 1. The van der Waals surface area contributed by atoms with E-state index < -0.39 is 0 Å². The summed E-state index contributed by atoms with van der Waals surface area (Å²) in [6, 6.07) is 4.17. The quantitative estimate of drug-likeness (QED) is 0.825. The van der Waals surface area contributed by atoms with Crippen LogP contribution in [0.5, 0.6) is 0 Å². The van der Waals surface area contributed by atoms with Gasteiger partial charge in [0.1, 0.15) is 0 Å². The lowest BCUT2D eigenvalue weighted by Crippen LogP contribution is -2.46. The molecule has 1 aliphatic rings. The summed E-state index contributed by atoms with van der Waals surface area (Å²) in [5, 5.41) is 3.13. The van der Waals surface area contributed by atoms with Gasteiger partial charge in [0.15, 0.2) is 0 Å². The lowest BCUT2D eigenvalue weighted by atomic mass is 9.97. The Kier molecular flexibility index (Phi) is 7.69. The summed E-state index contributed by atoms with van der Waals surface area (Å²) < 4.78 is 0. The van der Waals surface area contributed by atoms with Crippen molar-refractivity contribution in [3.63, 3.8) is 0 Å². The number of pyridine rings is 1. The number of hydrogen-bond acceptors (Lipinski definition) is 3. The second-order valence-electron chi connectivity index (χ2n) is 7.40. The Balaban J connectivity index is 1.74. The van der Waals surface area contributed by atoms with E-state index >= 15 is 0 Å². The van der Waals surface area contributed by atoms with Crippen LogP contribution in [0.1, 0.15) is 44.4 Å². The smallest absolute Gasteiger partial charge is 0.317 e. The maximum atomic E-state index is 12.5. The molecule has 25 heavy (non-hydrogen) atoms. The van der Waals surface area contributed by atoms with Crippen LogP contribution in [0.25, 0.3) is 0 Å². The third-order valence-electron chi connectivity index (χ3n) is 5.38. The number of aromatic nitrogens is 1. The molecule has 2 heterocycles. The van der Waals surface area contributed by atoms with Crippen LogP contribution in [-0.2, 0) is 6.42 Å². The van der Waals surface area contributed by atoms with Crippen molar-refractivity contribution in [1.29, 1.82) is 0 Å². The molecule has 2 amide bonds. The molecule has 5 nitrogen and oxygen atoms in total.